The minimum atomic E-state index is -0.297. The molecule has 0 atom stereocenters. The Bertz CT molecular complexity index is 1270. The summed E-state index contributed by atoms with van der Waals surface area (Å²) in [6.07, 6.45) is 0. The van der Waals surface area contributed by atoms with Gasteiger partial charge in [-0.15, -0.1) is 0 Å². The number of hydrogen-bond acceptors (Lipinski definition) is 4. The molecular formula is C28H24N2O4. The van der Waals surface area contributed by atoms with Crippen LogP contribution in [0, 0.1) is 0 Å². The fraction of sp³-hybridized carbons (Fsp3) is 0.0714. The van der Waals surface area contributed by atoms with Crippen molar-refractivity contribution in [2.75, 3.05) is 24.4 Å². The molecule has 0 aromatic heterocycles. The van der Waals surface area contributed by atoms with Crippen molar-refractivity contribution in [3.63, 3.8) is 0 Å². The van der Waals surface area contributed by atoms with Crippen molar-refractivity contribution < 1.29 is 19.1 Å². The normalized spacial score (nSPS) is 10.3. The number of rotatable bonds is 8. The zero-order valence-corrected chi connectivity index (χ0v) is 18.7. The van der Waals surface area contributed by atoms with Crippen LogP contribution in [-0.4, -0.2) is 25.5 Å². The Morgan fingerprint density at radius 2 is 1.35 bits per heavy atom. The van der Waals surface area contributed by atoms with E-state index in [4.69, 9.17) is 9.47 Å². The molecule has 0 aliphatic heterocycles. The highest BCUT2D eigenvalue weighted by molar-refractivity contribution is 6.05. The molecule has 0 heterocycles. The van der Waals surface area contributed by atoms with E-state index in [1.165, 1.54) is 0 Å². The van der Waals surface area contributed by atoms with E-state index < -0.39 is 0 Å². The number of hydrogen-bond donors (Lipinski definition) is 2. The first-order valence-electron chi connectivity index (χ1n) is 10.8. The third kappa shape index (κ3) is 5.61. The molecule has 4 aromatic carbocycles. The summed E-state index contributed by atoms with van der Waals surface area (Å²) >= 11 is 0. The zero-order chi connectivity index (χ0) is 23.8. The molecule has 2 N–H and O–H groups in total. The number of carbonyl (C=O) groups excluding carboxylic acids is 2. The van der Waals surface area contributed by atoms with Crippen molar-refractivity contribution in [3.8, 4) is 22.6 Å². The van der Waals surface area contributed by atoms with Crippen molar-refractivity contribution in [3.05, 3.63) is 109 Å². The molecular weight excluding hydrogens is 428 g/mol. The fourth-order valence-electron chi connectivity index (χ4n) is 3.44. The number of anilines is 2. The molecule has 0 bridgehead atoms. The highest BCUT2D eigenvalue weighted by Crippen LogP contribution is 2.29. The van der Waals surface area contributed by atoms with Gasteiger partial charge in [-0.2, -0.15) is 0 Å². The topological polar surface area (TPSA) is 76.7 Å². The average Bonchev–Trinajstić information content (AvgIpc) is 2.89. The molecule has 4 aromatic rings. The first-order valence-corrected chi connectivity index (χ1v) is 10.8. The molecule has 34 heavy (non-hydrogen) atoms. The minimum Gasteiger partial charge on any atom is -0.495 e. The van der Waals surface area contributed by atoms with Gasteiger partial charge in [-0.25, -0.2) is 0 Å². The number of methoxy groups -OCH3 is 1. The van der Waals surface area contributed by atoms with Gasteiger partial charge in [-0.1, -0.05) is 60.7 Å². The lowest BCUT2D eigenvalue weighted by Crippen LogP contribution is -2.20. The van der Waals surface area contributed by atoms with Crippen molar-refractivity contribution in [2.24, 2.45) is 0 Å². The maximum absolute atomic E-state index is 12.5. The molecule has 0 aliphatic rings. The second-order valence-corrected chi connectivity index (χ2v) is 7.43. The van der Waals surface area contributed by atoms with Gasteiger partial charge >= 0.3 is 0 Å². The van der Waals surface area contributed by atoms with E-state index >= 15 is 0 Å². The van der Waals surface area contributed by atoms with Crippen LogP contribution < -0.4 is 20.1 Å². The summed E-state index contributed by atoms with van der Waals surface area (Å²) in [4.78, 5) is 25.0. The molecule has 0 unspecified atom stereocenters. The minimum absolute atomic E-state index is 0.139. The number of nitrogens with one attached hydrogen (secondary N) is 2. The van der Waals surface area contributed by atoms with Gasteiger partial charge < -0.3 is 20.1 Å². The smallest absolute Gasteiger partial charge is 0.262 e. The van der Waals surface area contributed by atoms with Gasteiger partial charge in [-0.3, -0.25) is 9.59 Å². The van der Waals surface area contributed by atoms with Gasteiger partial charge in [0.15, 0.2) is 6.61 Å². The van der Waals surface area contributed by atoms with Crippen molar-refractivity contribution in [1.29, 1.82) is 0 Å². The summed E-state index contributed by atoms with van der Waals surface area (Å²) in [5.74, 6) is 0.637. The lowest BCUT2D eigenvalue weighted by Gasteiger charge is -2.12. The van der Waals surface area contributed by atoms with E-state index in [-0.39, 0.29) is 18.4 Å². The van der Waals surface area contributed by atoms with Gasteiger partial charge in [0.05, 0.1) is 12.8 Å². The quantitative estimate of drug-likeness (QED) is 0.363. The fourth-order valence-corrected chi connectivity index (χ4v) is 3.44. The van der Waals surface area contributed by atoms with E-state index in [2.05, 4.69) is 10.6 Å². The van der Waals surface area contributed by atoms with Crippen LogP contribution in [0.15, 0.2) is 103 Å². The Balaban J connectivity index is 1.34. The number of ether oxygens (including phenoxy) is 2. The van der Waals surface area contributed by atoms with Crippen molar-refractivity contribution in [2.45, 2.75) is 0 Å². The van der Waals surface area contributed by atoms with Crippen LogP contribution in [0.5, 0.6) is 11.5 Å². The molecule has 0 saturated carbocycles. The lowest BCUT2D eigenvalue weighted by atomic mass is 10.1. The predicted molar refractivity (Wildman–Crippen MR) is 133 cm³/mol. The van der Waals surface area contributed by atoms with Crippen LogP contribution in [0.25, 0.3) is 11.1 Å². The Morgan fingerprint density at radius 1 is 0.706 bits per heavy atom. The summed E-state index contributed by atoms with van der Waals surface area (Å²) in [6, 6.07) is 31.3. The third-order valence-electron chi connectivity index (χ3n) is 5.12. The van der Waals surface area contributed by atoms with E-state index in [0.29, 0.717) is 28.4 Å². The van der Waals surface area contributed by atoms with Crippen LogP contribution in [0.2, 0.25) is 0 Å². The van der Waals surface area contributed by atoms with E-state index in [1.54, 1.807) is 43.5 Å². The summed E-state index contributed by atoms with van der Waals surface area (Å²) < 4.78 is 11.0. The molecule has 2 amide bonds. The highest BCUT2D eigenvalue weighted by atomic mass is 16.5. The Hall–Kier alpha value is -4.58. The summed E-state index contributed by atoms with van der Waals surface area (Å²) in [5, 5.41) is 5.61. The van der Waals surface area contributed by atoms with Crippen molar-refractivity contribution >= 4 is 23.2 Å². The molecule has 0 aliphatic carbocycles. The van der Waals surface area contributed by atoms with Crippen LogP contribution in [-0.2, 0) is 4.79 Å². The Kier molecular flexibility index (Phi) is 7.20. The van der Waals surface area contributed by atoms with Gasteiger partial charge in [-0.05, 0) is 48.0 Å². The van der Waals surface area contributed by atoms with Gasteiger partial charge in [0.2, 0.25) is 0 Å². The second kappa shape index (κ2) is 10.8. The molecule has 0 spiro atoms. The first-order chi connectivity index (χ1) is 16.6. The van der Waals surface area contributed by atoms with Crippen LogP contribution >= 0.6 is 0 Å². The maximum Gasteiger partial charge on any atom is 0.262 e. The lowest BCUT2D eigenvalue weighted by molar-refractivity contribution is -0.118. The van der Waals surface area contributed by atoms with Gasteiger partial charge in [0.25, 0.3) is 11.8 Å². The van der Waals surface area contributed by atoms with E-state index in [1.807, 2.05) is 66.7 Å². The number of para-hydroxylation sites is 3. The maximum atomic E-state index is 12.5. The Labute approximate surface area is 198 Å². The predicted octanol–water partition coefficient (Wildman–Crippen LogP) is 5.63. The summed E-state index contributed by atoms with van der Waals surface area (Å²) in [7, 11) is 1.55. The van der Waals surface area contributed by atoms with Crippen LogP contribution in [0.4, 0.5) is 11.4 Å². The highest BCUT2D eigenvalue weighted by Gasteiger charge is 2.11. The molecule has 170 valence electrons. The first kappa shape index (κ1) is 22.6. The third-order valence-corrected chi connectivity index (χ3v) is 5.12. The van der Waals surface area contributed by atoms with Gasteiger partial charge in [0, 0.05) is 16.8 Å². The summed E-state index contributed by atoms with van der Waals surface area (Å²) in [6.45, 7) is -0.139. The average molecular weight is 453 g/mol. The SMILES string of the molecule is COc1ccccc1NC(=O)c1ccc(NC(=O)COc2ccccc2-c2ccccc2)cc1. The molecule has 6 heteroatoms. The van der Waals surface area contributed by atoms with Crippen LogP contribution in [0.3, 0.4) is 0 Å². The molecule has 0 fully saturated rings. The van der Waals surface area contributed by atoms with E-state index in [9.17, 15) is 9.59 Å². The molecule has 0 radical (unpaired) electrons. The van der Waals surface area contributed by atoms with E-state index in [0.717, 1.165) is 11.1 Å². The Morgan fingerprint density at radius 3 is 2.09 bits per heavy atom. The monoisotopic (exact) mass is 452 g/mol. The number of carbonyl (C=O) groups is 2. The molecule has 4 rings (SSSR count). The zero-order valence-electron chi connectivity index (χ0n) is 18.7. The largest absolute Gasteiger partial charge is 0.495 e. The summed E-state index contributed by atoms with van der Waals surface area (Å²) in [5.41, 5.74) is 3.54. The van der Waals surface area contributed by atoms with Gasteiger partial charge in [0.1, 0.15) is 11.5 Å². The second-order valence-electron chi connectivity index (χ2n) is 7.43. The molecule has 0 saturated heterocycles. The standard InChI is InChI=1S/C28H24N2O4/c1-33-26-14-8-6-12-24(26)30-28(32)21-15-17-22(18-16-21)29-27(31)19-34-25-13-7-5-11-23(25)20-9-3-2-4-10-20/h2-18H,19H2,1H3,(H,29,31)(H,30,32). The van der Waals surface area contributed by atoms with Crippen molar-refractivity contribution in [1.82, 2.24) is 0 Å². The molecule has 6 nitrogen and oxygen atoms in total. The number of benzene rings is 4. The van der Waals surface area contributed by atoms with Crippen LogP contribution in [0.1, 0.15) is 10.4 Å². The number of amides is 2.